The zero-order chi connectivity index (χ0) is 12.4. The quantitative estimate of drug-likeness (QED) is 0.870. The van der Waals surface area contributed by atoms with Gasteiger partial charge in [0, 0.05) is 24.7 Å². The topological polar surface area (TPSA) is 51.6 Å². The first-order valence-electron chi connectivity index (χ1n) is 6.24. The van der Waals surface area contributed by atoms with Gasteiger partial charge in [-0.2, -0.15) is 0 Å². The average Bonchev–Trinajstić information content (AvgIpc) is 2.65. The van der Waals surface area contributed by atoms with E-state index in [1.807, 2.05) is 6.92 Å². The van der Waals surface area contributed by atoms with Crippen molar-refractivity contribution in [2.24, 2.45) is 5.73 Å². The first-order valence-corrected chi connectivity index (χ1v) is 6.24. The minimum Gasteiger partial charge on any atom is -0.465 e. The van der Waals surface area contributed by atoms with E-state index in [1.165, 1.54) is 5.56 Å². The number of nitrogens with zero attached hydrogens (tertiary/aromatic N) is 1. The molecule has 4 heteroatoms. The van der Waals surface area contributed by atoms with E-state index >= 15 is 0 Å². The molecule has 1 aliphatic heterocycles. The van der Waals surface area contributed by atoms with Crippen LogP contribution in [0.3, 0.4) is 0 Å². The maximum absolute atomic E-state index is 5.63. The molecule has 1 saturated heterocycles. The van der Waals surface area contributed by atoms with Crippen LogP contribution in [-0.4, -0.2) is 30.2 Å². The number of hydrogen-bond acceptors (Lipinski definition) is 4. The number of aryl methyl sites for hydroxylation is 1. The first-order chi connectivity index (χ1) is 8.10. The molecule has 17 heavy (non-hydrogen) atoms. The highest BCUT2D eigenvalue weighted by atomic mass is 16.5. The summed E-state index contributed by atoms with van der Waals surface area (Å²) in [5.74, 6) is 1.85. The summed E-state index contributed by atoms with van der Waals surface area (Å²) in [7, 11) is 0. The fourth-order valence-electron chi connectivity index (χ4n) is 2.26. The Labute approximate surface area is 103 Å². The normalized spacial score (nSPS) is 26.4. The molecule has 0 bridgehead atoms. The third-order valence-corrected chi connectivity index (χ3v) is 3.38. The minimum absolute atomic E-state index is 0.312. The van der Waals surface area contributed by atoms with Crippen LogP contribution in [0.2, 0.25) is 0 Å². The number of rotatable bonds is 3. The van der Waals surface area contributed by atoms with Crippen molar-refractivity contribution in [3.05, 3.63) is 23.2 Å². The molecule has 1 aliphatic rings. The molecule has 1 aromatic rings. The third kappa shape index (κ3) is 2.89. The SMILES string of the molecule is Cc1oc(CN)cc1CN1CC(C)OCC1C. The molecular weight excluding hydrogens is 216 g/mol. The van der Waals surface area contributed by atoms with Gasteiger partial charge >= 0.3 is 0 Å². The van der Waals surface area contributed by atoms with Crippen molar-refractivity contribution in [1.82, 2.24) is 4.90 Å². The maximum Gasteiger partial charge on any atom is 0.118 e. The van der Waals surface area contributed by atoms with Gasteiger partial charge in [0.2, 0.25) is 0 Å². The molecule has 2 rings (SSSR count). The summed E-state index contributed by atoms with van der Waals surface area (Å²) in [6.45, 7) is 9.49. The molecule has 1 aromatic heterocycles. The van der Waals surface area contributed by atoms with Gasteiger partial charge in [-0.15, -0.1) is 0 Å². The van der Waals surface area contributed by atoms with Crippen molar-refractivity contribution in [3.8, 4) is 0 Å². The van der Waals surface area contributed by atoms with Gasteiger partial charge in [0.15, 0.2) is 0 Å². The van der Waals surface area contributed by atoms with Gasteiger partial charge < -0.3 is 14.9 Å². The molecule has 96 valence electrons. The van der Waals surface area contributed by atoms with Crippen molar-refractivity contribution in [2.75, 3.05) is 13.2 Å². The molecule has 0 radical (unpaired) electrons. The lowest BCUT2D eigenvalue weighted by molar-refractivity contribution is -0.0527. The second kappa shape index (κ2) is 5.21. The van der Waals surface area contributed by atoms with Crippen LogP contribution in [-0.2, 0) is 17.8 Å². The lowest BCUT2D eigenvalue weighted by Crippen LogP contribution is -2.46. The summed E-state index contributed by atoms with van der Waals surface area (Å²) in [6.07, 6.45) is 0.312. The van der Waals surface area contributed by atoms with E-state index in [-0.39, 0.29) is 0 Å². The standard InChI is InChI=1S/C13H22N2O2/c1-9-8-16-10(2)6-15(9)7-12-4-13(5-14)17-11(12)3/h4,9-10H,5-8,14H2,1-3H3. The Kier molecular flexibility index (Phi) is 3.86. The minimum atomic E-state index is 0.312. The molecule has 2 heterocycles. The Morgan fingerprint density at radius 2 is 2.24 bits per heavy atom. The van der Waals surface area contributed by atoms with E-state index in [0.717, 1.165) is 31.2 Å². The van der Waals surface area contributed by atoms with Gasteiger partial charge in [0.1, 0.15) is 11.5 Å². The molecule has 0 aliphatic carbocycles. The van der Waals surface area contributed by atoms with Gasteiger partial charge in [-0.25, -0.2) is 0 Å². The van der Waals surface area contributed by atoms with Crippen LogP contribution in [0.5, 0.6) is 0 Å². The van der Waals surface area contributed by atoms with E-state index in [1.54, 1.807) is 0 Å². The van der Waals surface area contributed by atoms with Gasteiger partial charge in [-0.1, -0.05) is 0 Å². The summed E-state index contributed by atoms with van der Waals surface area (Å²) >= 11 is 0. The first kappa shape index (κ1) is 12.6. The van der Waals surface area contributed by atoms with Crippen LogP contribution < -0.4 is 5.73 Å². The van der Waals surface area contributed by atoms with Gasteiger partial charge in [0.25, 0.3) is 0 Å². The molecule has 1 fully saturated rings. The fraction of sp³-hybridized carbons (Fsp3) is 0.692. The average molecular weight is 238 g/mol. The van der Waals surface area contributed by atoms with Gasteiger partial charge in [-0.3, -0.25) is 4.90 Å². The zero-order valence-electron chi connectivity index (χ0n) is 10.9. The number of ether oxygens (including phenoxy) is 1. The molecule has 2 N–H and O–H groups in total. The Hall–Kier alpha value is -0.840. The van der Waals surface area contributed by atoms with E-state index < -0.39 is 0 Å². The van der Waals surface area contributed by atoms with Crippen LogP contribution in [0, 0.1) is 6.92 Å². The Balaban J connectivity index is 2.05. The molecular formula is C13H22N2O2. The van der Waals surface area contributed by atoms with Crippen LogP contribution >= 0.6 is 0 Å². The number of hydrogen-bond donors (Lipinski definition) is 1. The second-order valence-corrected chi connectivity index (χ2v) is 4.92. The van der Waals surface area contributed by atoms with E-state index in [0.29, 0.717) is 18.7 Å². The van der Waals surface area contributed by atoms with Crippen LogP contribution in [0.25, 0.3) is 0 Å². The smallest absolute Gasteiger partial charge is 0.118 e. The molecule has 2 atom stereocenters. The number of nitrogens with two attached hydrogens (primary N) is 1. The zero-order valence-corrected chi connectivity index (χ0v) is 10.9. The predicted octanol–water partition coefficient (Wildman–Crippen LogP) is 1.66. The van der Waals surface area contributed by atoms with Gasteiger partial charge in [-0.05, 0) is 26.8 Å². The van der Waals surface area contributed by atoms with E-state index in [4.69, 9.17) is 14.9 Å². The van der Waals surface area contributed by atoms with Gasteiger partial charge in [0.05, 0.1) is 19.3 Å². The van der Waals surface area contributed by atoms with Crippen LogP contribution in [0.1, 0.15) is 30.9 Å². The summed E-state index contributed by atoms with van der Waals surface area (Å²) in [6, 6.07) is 2.53. The molecule has 4 nitrogen and oxygen atoms in total. The summed E-state index contributed by atoms with van der Waals surface area (Å²) < 4.78 is 11.2. The third-order valence-electron chi connectivity index (χ3n) is 3.38. The number of furan rings is 1. The molecule has 0 spiro atoms. The summed E-state index contributed by atoms with van der Waals surface area (Å²) in [5, 5.41) is 0. The van der Waals surface area contributed by atoms with Crippen molar-refractivity contribution < 1.29 is 9.15 Å². The second-order valence-electron chi connectivity index (χ2n) is 4.92. The highest BCUT2D eigenvalue weighted by molar-refractivity contribution is 5.20. The van der Waals surface area contributed by atoms with Crippen molar-refractivity contribution in [2.45, 2.75) is 46.0 Å². The number of morpholine rings is 1. The van der Waals surface area contributed by atoms with Crippen molar-refractivity contribution in [1.29, 1.82) is 0 Å². The monoisotopic (exact) mass is 238 g/mol. The summed E-state index contributed by atoms with van der Waals surface area (Å²) in [5.41, 5.74) is 6.83. The predicted molar refractivity (Wildman–Crippen MR) is 66.6 cm³/mol. The van der Waals surface area contributed by atoms with Crippen molar-refractivity contribution >= 4 is 0 Å². The lowest BCUT2D eigenvalue weighted by atomic mass is 10.1. The highest BCUT2D eigenvalue weighted by Crippen LogP contribution is 2.20. The fourth-order valence-corrected chi connectivity index (χ4v) is 2.26. The maximum atomic E-state index is 5.63. The highest BCUT2D eigenvalue weighted by Gasteiger charge is 2.24. The van der Waals surface area contributed by atoms with E-state index in [2.05, 4.69) is 24.8 Å². The lowest BCUT2D eigenvalue weighted by Gasteiger charge is -2.36. The largest absolute Gasteiger partial charge is 0.465 e. The molecule has 0 saturated carbocycles. The Bertz CT molecular complexity index is 375. The molecule has 2 unspecified atom stereocenters. The molecule has 0 amide bonds. The van der Waals surface area contributed by atoms with Crippen LogP contribution in [0.15, 0.2) is 10.5 Å². The van der Waals surface area contributed by atoms with E-state index in [9.17, 15) is 0 Å². The Morgan fingerprint density at radius 3 is 2.88 bits per heavy atom. The summed E-state index contributed by atoms with van der Waals surface area (Å²) in [4.78, 5) is 2.44. The van der Waals surface area contributed by atoms with Crippen LogP contribution in [0.4, 0.5) is 0 Å². The Morgan fingerprint density at radius 1 is 1.47 bits per heavy atom. The molecule has 0 aromatic carbocycles. The van der Waals surface area contributed by atoms with Crippen molar-refractivity contribution in [3.63, 3.8) is 0 Å².